The average molecular weight is 620 g/mol. The van der Waals surface area contributed by atoms with Gasteiger partial charge in [0.1, 0.15) is 24.2 Å². The van der Waals surface area contributed by atoms with Gasteiger partial charge in [-0.25, -0.2) is 0 Å². The highest BCUT2D eigenvalue weighted by molar-refractivity contribution is 7.80. The number of hydrogen-bond donors (Lipinski definition) is 10. The van der Waals surface area contributed by atoms with E-state index in [-0.39, 0.29) is 30.9 Å². The van der Waals surface area contributed by atoms with E-state index >= 15 is 0 Å². The summed E-state index contributed by atoms with van der Waals surface area (Å²) in [5.74, 6) is -7.09. The summed E-state index contributed by atoms with van der Waals surface area (Å²) in [6, 6.07) is -5.75. The van der Waals surface area contributed by atoms with Gasteiger partial charge >= 0.3 is 11.9 Å². The van der Waals surface area contributed by atoms with Crippen LogP contribution in [0.25, 0.3) is 0 Å². The van der Waals surface area contributed by atoms with Gasteiger partial charge in [-0.15, -0.1) is 0 Å². The Morgan fingerprint density at radius 3 is 1.76 bits per heavy atom. The topological polar surface area (TPSA) is 275 Å². The van der Waals surface area contributed by atoms with Gasteiger partial charge in [-0.2, -0.15) is 12.6 Å². The van der Waals surface area contributed by atoms with E-state index in [1.54, 1.807) is 13.8 Å². The third kappa shape index (κ3) is 15.8. The molecule has 0 aliphatic heterocycles. The summed E-state index contributed by atoms with van der Waals surface area (Å²) in [4.78, 5) is 95.4. The number of carbonyl (C=O) groups excluding carboxylic acids is 6. The SMILES string of the molecule is CC(C)C[C@H](NC(=O)CNC(=O)CNC(=O)[C@@H](N)CCC(=O)O)C(=O)N[C@@H](CS)C(=O)N[C@@H](C)C(=O)N[C@@H](C)C(=O)O. The van der Waals surface area contributed by atoms with Crippen LogP contribution in [-0.4, -0.2) is 107 Å². The van der Waals surface area contributed by atoms with Crippen molar-refractivity contribution in [1.29, 1.82) is 0 Å². The molecule has 0 aliphatic carbocycles. The van der Waals surface area contributed by atoms with E-state index in [1.807, 2.05) is 0 Å². The molecule has 0 rings (SSSR count). The molecular formula is C24H41N7O10S. The summed E-state index contributed by atoms with van der Waals surface area (Å²) in [5.41, 5.74) is 5.55. The zero-order valence-electron chi connectivity index (χ0n) is 23.9. The number of hydrogen-bond acceptors (Lipinski definition) is 10. The molecule has 0 radical (unpaired) electrons. The lowest BCUT2D eigenvalue weighted by Gasteiger charge is -2.24. The maximum atomic E-state index is 12.9. The first-order valence-corrected chi connectivity index (χ1v) is 13.7. The first kappa shape index (κ1) is 38.1. The van der Waals surface area contributed by atoms with Crippen LogP contribution in [0.4, 0.5) is 0 Å². The average Bonchev–Trinajstić information content (AvgIpc) is 2.90. The smallest absolute Gasteiger partial charge is 0.325 e. The predicted octanol–water partition coefficient (Wildman–Crippen LogP) is -3.55. The Hall–Kier alpha value is -3.93. The fourth-order valence-electron chi connectivity index (χ4n) is 3.14. The van der Waals surface area contributed by atoms with E-state index in [0.29, 0.717) is 0 Å². The van der Waals surface area contributed by atoms with Crippen molar-refractivity contribution in [2.75, 3.05) is 18.8 Å². The van der Waals surface area contributed by atoms with Crippen molar-refractivity contribution in [3.63, 3.8) is 0 Å². The monoisotopic (exact) mass is 619 g/mol. The Labute approximate surface area is 248 Å². The number of carboxylic acids is 2. The zero-order chi connectivity index (χ0) is 32.6. The van der Waals surface area contributed by atoms with Crippen molar-refractivity contribution in [1.82, 2.24) is 31.9 Å². The van der Waals surface area contributed by atoms with Crippen LogP contribution in [0, 0.1) is 5.92 Å². The third-order valence-corrected chi connectivity index (χ3v) is 5.90. The van der Waals surface area contributed by atoms with Gasteiger partial charge in [0.15, 0.2) is 0 Å². The number of carboxylic acid groups (broad SMARTS) is 2. The second-order valence-corrected chi connectivity index (χ2v) is 10.2. The molecule has 0 aromatic rings. The van der Waals surface area contributed by atoms with Crippen molar-refractivity contribution >= 4 is 60.0 Å². The van der Waals surface area contributed by atoms with Crippen LogP contribution in [0.3, 0.4) is 0 Å². The molecule has 0 saturated carbocycles. The summed E-state index contributed by atoms with van der Waals surface area (Å²) < 4.78 is 0. The number of thiol groups is 1. The molecule has 0 spiro atoms. The largest absolute Gasteiger partial charge is 0.481 e. The van der Waals surface area contributed by atoms with Gasteiger partial charge < -0.3 is 47.8 Å². The van der Waals surface area contributed by atoms with E-state index in [1.165, 1.54) is 13.8 Å². The molecule has 0 saturated heterocycles. The summed E-state index contributed by atoms with van der Waals surface area (Å²) in [6.07, 6.45) is -0.279. The van der Waals surface area contributed by atoms with Crippen LogP contribution in [-0.2, 0) is 38.4 Å². The molecular weight excluding hydrogens is 578 g/mol. The van der Waals surface area contributed by atoms with Crippen LogP contribution in [0.5, 0.6) is 0 Å². The highest BCUT2D eigenvalue weighted by Gasteiger charge is 2.29. The van der Waals surface area contributed by atoms with Gasteiger partial charge in [-0.05, 0) is 32.6 Å². The zero-order valence-corrected chi connectivity index (χ0v) is 24.8. The summed E-state index contributed by atoms with van der Waals surface area (Å²) in [7, 11) is 0. The Morgan fingerprint density at radius 2 is 1.24 bits per heavy atom. The molecule has 17 nitrogen and oxygen atoms in total. The minimum atomic E-state index is -1.26. The van der Waals surface area contributed by atoms with Gasteiger partial charge in [0.05, 0.1) is 19.1 Å². The highest BCUT2D eigenvalue weighted by Crippen LogP contribution is 2.06. The van der Waals surface area contributed by atoms with E-state index < -0.39 is 90.7 Å². The van der Waals surface area contributed by atoms with Crippen molar-refractivity contribution < 1.29 is 48.6 Å². The normalized spacial score (nSPS) is 14.3. The molecule has 6 amide bonds. The number of amides is 6. The number of rotatable bonds is 19. The third-order valence-electron chi connectivity index (χ3n) is 5.53. The summed E-state index contributed by atoms with van der Waals surface area (Å²) in [6.45, 7) is 5.10. The molecule has 238 valence electrons. The van der Waals surface area contributed by atoms with E-state index in [4.69, 9.17) is 15.9 Å². The Kier molecular flexibility index (Phi) is 17.4. The number of nitrogens with two attached hydrogens (primary N) is 1. The summed E-state index contributed by atoms with van der Waals surface area (Å²) >= 11 is 4.07. The van der Waals surface area contributed by atoms with Gasteiger partial charge in [0.2, 0.25) is 35.4 Å². The molecule has 18 heteroatoms. The molecule has 0 heterocycles. The second kappa shape index (κ2) is 19.2. The number of nitrogens with one attached hydrogen (secondary N) is 6. The van der Waals surface area contributed by atoms with E-state index in [0.717, 1.165) is 0 Å². The van der Waals surface area contributed by atoms with Crippen LogP contribution in [0.2, 0.25) is 0 Å². The lowest BCUT2D eigenvalue weighted by atomic mass is 10.0. The van der Waals surface area contributed by atoms with Crippen molar-refractivity contribution in [3.05, 3.63) is 0 Å². The first-order valence-electron chi connectivity index (χ1n) is 13.0. The summed E-state index contributed by atoms with van der Waals surface area (Å²) in [5, 5.41) is 31.5. The number of carbonyl (C=O) groups is 8. The van der Waals surface area contributed by atoms with Crippen molar-refractivity contribution in [3.8, 4) is 0 Å². The Morgan fingerprint density at radius 1 is 0.690 bits per heavy atom. The standard InChI is InChI=1S/C24H41N7O10S/c1-11(2)7-15(30-18(33)9-26-17(32)8-27-21(37)14(25)5-6-19(34)35)22(38)31-16(10-42)23(39)28-12(3)20(36)29-13(4)24(40)41/h11-16,42H,5-10,25H2,1-4H3,(H,26,32)(H,27,37)(H,28,39)(H,29,36)(H,30,33)(H,31,38)(H,34,35)(H,40,41)/t12-,13-,14-,15-,16-/m0/s1. The van der Waals surface area contributed by atoms with E-state index in [2.05, 4.69) is 44.5 Å². The molecule has 10 N–H and O–H groups in total. The van der Waals surface area contributed by atoms with Crippen molar-refractivity contribution in [2.24, 2.45) is 11.7 Å². The minimum Gasteiger partial charge on any atom is -0.481 e. The van der Waals surface area contributed by atoms with Gasteiger partial charge in [-0.1, -0.05) is 13.8 Å². The predicted molar refractivity (Wildman–Crippen MR) is 151 cm³/mol. The molecule has 0 aromatic heterocycles. The van der Waals surface area contributed by atoms with Crippen LogP contribution < -0.4 is 37.6 Å². The molecule has 0 fully saturated rings. The lowest BCUT2D eigenvalue weighted by molar-refractivity contribution is -0.141. The fourth-order valence-corrected chi connectivity index (χ4v) is 3.40. The van der Waals surface area contributed by atoms with Gasteiger partial charge in [0.25, 0.3) is 0 Å². The number of aliphatic carboxylic acids is 2. The van der Waals surface area contributed by atoms with Gasteiger partial charge in [0, 0.05) is 12.2 Å². The molecule has 0 aliphatic rings. The maximum absolute atomic E-state index is 12.9. The van der Waals surface area contributed by atoms with Crippen LogP contribution in [0.1, 0.15) is 47.0 Å². The molecule has 5 atom stereocenters. The second-order valence-electron chi connectivity index (χ2n) is 9.83. The maximum Gasteiger partial charge on any atom is 0.325 e. The molecule has 0 bridgehead atoms. The quantitative estimate of drug-likeness (QED) is 0.0632. The molecule has 0 unspecified atom stereocenters. The van der Waals surface area contributed by atoms with Crippen molar-refractivity contribution in [2.45, 2.75) is 77.2 Å². The van der Waals surface area contributed by atoms with E-state index in [9.17, 15) is 38.4 Å². The minimum absolute atomic E-state index is 0.0700. The Balaban J connectivity index is 4.97. The van der Waals surface area contributed by atoms with Gasteiger partial charge in [-0.3, -0.25) is 38.4 Å². The molecule has 0 aromatic carbocycles. The van der Waals surface area contributed by atoms with Crippen LogP contribution in [0.15, 0.2) is 0 Å². The highest BCUT2D eigenvalue weighted by atomic mass is 32.1. The lowest BCUT2D eigenvalue weighted by Crippen LogP contribution is -2.58. The Bertz CT molecular complexity index is 1010. The van der Waals surface area contributed by atoms with Crippen LogP contribution >= 0.6 is 12.6 Å². The molecule has 42 heavy (non-hydrogen) atoms. The fraction of sp³-hybridized carbons (Fsp3) is 0.667. The first-order chi connectivity index (χ1) is 19.5.